The molecule has 2 N–H and O–H groups in total. The number of aryl methyl sites for hydroxylation is 1. The van der Waals surface area contributed by atoms with E-state index in [1.54, 1.807) is 12.1 Å². The summed E-state index contributed by atoms with van der Waals surface area (Å²) in [6, 6.07) is 22.8. The van der Waals surface area contributed by atoms with Gasteiger partial charge in [0.15, 0.2) is 0 Å². The van der Waals surface area contributed by atoms with E-state index in [0.717, 1.165) is 35.1 Å². The first-order chi connectivity index (χ1) is 16.6. The SMILES string of the molecule is Cc1ccc(C(=O)NC2CC2)cc1-c1ccc(-c2nnc(CNC(=O)c3ccccc3)o2)cc1. The molecule has 1 saturated carbocycles. The van der Waals surface area contributed by atoms with E-state index >= 15 is 0 Å². The molecule has 7 heteroatoms. The van der Waals surface area contributed by atoms with Gasteiger partial charge in [0.2, 0.25) is 11.8 Å². The summed E-state index contributed by atoms with van der Waals surface area (Å²) < 4.78 is 5.73. The Kier molecular flexibility index (Phi) is 5.91. The predicted molar refractivity (Wildman–Crippen MR) is 128 cm³/mol. The molecule has 4 aromatic rings. The van der Waals surface area contributed by atoms with Crippen molar-refractivity contribution in [3.8, 4) is 22.6 Å². The largest absolute Gasteiger partial charge is 0.419 e. The maximum atomic E-state index is 12.4. The van der Waals surface area contributed by atoms with Crippen molar-refractivity contribution in [2.24, 2.45) is 0 Å². The summed E-state index contributed by atoms with van der Waals surface area (Å²) in [6.07, 6.45) is 2.12. The summed E-state index contributed by atoms with van der Waals surface area (Å²) in [7, 11) is 0. The quantitative estimate of drug-likeness (QED) is 0.429. The predicted octanol–water partition coefficient (Wildman–Crippen LogP) is 4.53. The van der Waals surface area contributed by atoms with Crippen molar-refractivity contribution in [3.05, 3.63) is 95.4 Å². The highest BCUT2D eigenvalue weighted by atomic mass is 16.4. The highest BCUT2D eigenvalue weighted by Gasteiger charge is 2.24. The molecule has 34 heavy (non-hydrogen) atoms. The van der Waals surface area contributed by atoms with Gasteiger partial charge in [-0.15, -0.1) is 10.2 Å². The molecule has 3 aromatic carbocycles. The standard InChI is InChI=1S/C27H24N4O3/c1-17-7-8-21(26(33)29-22-13-14-22)15-23(17)18-9-11-20(12-10-18)27-31-30-24(34-27)16-28-25(32)19-5-3-2-4-6-19/h2-12,15,22H,13-14,16H2,1H3,(H,28,32)(H,29,33). The van der Waals surface area contributed by atoms with E-state index in [9.17, 15) is 9.59 Å². The third kappa shape index (κ3) is 4.88. The smallest absolute Gasteiger partial charge is 0.251 e. The monoisotopic (exact) mass is 452 g/mol. The third-order valence-electron chi connectivity index (χ3n) is 5.76. The van der Waals surface area contributed by atoms with Crippen LogP contribution in [0.15, 0.2) is 77.2 Å². The Labute approximate surface area is 197 Å². The van der Waals surface area contributed by atoms with Gasteiger partial charge in [0.05, 0.1) is 6.54 Å². The van der Waals surface area contributed by atoms with Crippen LogP contribution in [0.25, 0.3) is 22.6 Å². The molecule has 5 rings (SSSR count). The van der Waals surface area contributed by atoms with E-state index in [2.05, 4.69) is 20.8 Å². The average molecular weight is 453 g/mol. The fraction of sp³-hybridized carbons (Fsp3) is 0.185. The van der Waals surface area contributed by atoms with E-state index in [1.165, 1.54) is 0 Å². The zero-order valence-electron chi connectivity index (χ0n) is 18.7. The second-order valence-electron chi connectivity index (χ2n) is 8.40. The number of carbonyl (C=O) groups excluding carboxylic acids is 2. The van der Waals surface area contributed by atoms with E-state index in [-0.39, 0.29) is 18.4 Å². The number of rotatable bonds is 7. The molecule has 0 spiro atoms. The van der Waals surface area contributed by atoms with E-state index in [4.69, 9.17) is 4.42 Å². The zero-order valence-corrected chi connectivity index (χ0v) is 18.7. The van der Waals surface area contributed by atoms with Gasteiger partial charge >= 0.3 is 0 Å². The molecule has 7 nitrogen and oxygen atoms in total. The number of aromatic nitrogens is 2. The lowest BCUT2D eigenvalue weighted by Crippen LogP contribution is -2.25. The van der Waals surface area contributed by atoms with Crippen LogP contribution in [0.5, 0.6) is 0 Å². The third-order valence-corrected chi connectivity index (χ3v) is 5.76. The number of hydrogen-bond acceptors (Lipinski definition) is 5. The van der Waals surface area contributed by atoms with E-state index < -0.39 is 0 Å². The molecule has 2 amide bonds. The Morgan fingerprint density at radius 2 is 1.62 bits per heavy atom. The van der Waals surface area contributed by atoms with Crippen molar-refractivity contribution in [2.45, 2.75) is 32.4 Å². The van der Waals surface area contributed by atoms with Crippen LogP contribution in [0.4, 0.5) is 0 Å². The summed E-state index contributed by atoms with van der Waals surface area (Å²) in [5.74, 6) is 0.476. The maximum Gasteiger partial charge on any atom is 0.251 e. The minimum atomic E-state index is -0.201. The zero-order chi connectivity index (χ0) is 23.5. The summed E-state index contributed by atoms with van der Waals surface area (Å²) in [5.41, 5.74) is 5.10. The lowest BCUT2D eigenvalue weighted by Gasteiger charge is -2.10. The Balaban J connectivity index is 1.27. The van der Waals surface area contributed by atoms with Crippen molar-refractivity contribution in [1.29, 1.82) is 0 Å². The fourth-order valence-electron chi connectivity index (χ4n) is 3.65. The molecule has 0 aliphatic heterocycles. The number of nitrogens with one attached hydrogen (secondary N) is 2. The first-order valence-electron chi connectivity index (χ1n) is 11.2. The molecule has 1 heterocycles. The molecule has 1 aliphatic rings. The molecule has 0 unspecified atom stereocenters. The highest BCUT2D eigenvalue weighted by Crippen LogP contribution is 2.28. The summed E-state index contributed by atoms with van der Waals surface area (Å²) >= 11 is 0. The number of amides is 2. The van der Waals surface area contributed by atoms with Gasteiger partial charge in [-0.25, -0.2) is 0 Å². The first-order valence-corrected chi connectivity index (χ1v) is 11.2. The van der Waals surface area contributed by atoms with Gasteiger partial charge in [-0.1, -0.05) is 36.4 Å². The van der Waals surface area contributed by atoms with Crippen LogP contribution in [-0.4, -0.2) is 28.1 Å². The van der Waals surface area contributed by atoms with Crippen molar-refractivity contribution in [2.75, 3.05) is 0 Å². The molecule has 1 aliphatic carbocycles. The second-order valence-corrected chi connectivity index (χ2v) is 8.40. The normalized spacial score (nSPS) is 12.9. The van der Waals surface area contributed by atoms with Crippen molar-refractivity contribution < 1.29 is 14.0 Å². The Morgan fingerprint density at radius 3 is 2.35 bits per heavy atom. The molecule has 170 valence electrons. The molecule has 1 aromatic heterocycles. The van der Waals surface area contributed by atoms with Crippen LogP contribution in [0.2, 0.25) is 0 Å². The number of nitrogens with zero attached hydrogens (tertiary/aromatic N) is 2. The summed E-state index contributed by atoms with van der Waals surface area (Å²) in [4.78, 5) is 24.6. The topological polar surface area (TPSA) is 97.1 Å². The van der Waals surface area contributed by atoms with Crippen LogP contribution in [-0.2, 0) is 6.54 Å². The van der Waals surface area contributed by atoms with Gasteiger partial charge in [0.25, 0.3) is 11.8 Å². The van der Waals surface area contributed by atoms with Crippen LogP contribution < -0.4 is 10.6 Å². The fourth-order valence-corrected chi connectivity index (χ4v) is 3.65. The van der Waals surface area contributed by atoms with E-state index in [1.807, 2.05) is 67.6 Å². The number of carbonyl (C=O) groups is 2. The molecule has 0 atom stereocenters. The first kappa shape index (κ1) is 21.6. The van der Waals surface area contributed by atoms with Crippen molar-refractivity contribution in [3.63, 3.8) is 0 Å². The van der Waals surface area contributed by atoms with Crippen molar-refractivity contribution in [1.82, 2.24) is 20.8 Å². The molecular weight excluding hydrogens is 428 g/mol. The Bertz CT molecular complexity index is 1330. The Hall–Kier alpha value is -4.26. The minimum absolute atomic E-state index is 0.0295. The summed E-state index contributed by atoms with van der Waals surface area (Å²) in [6.45, 7) is 2.17. The van der Waals surface area contributed by atoms with Gasteiger partial charge in [0, 0.05) is 22.7 Å². The molecule has 0 bridgehead atoms. The lowest BCUT2D eigenvalue weighted by atomic mass is 9.97. The number of hydrogen-bond donors (Lipinski definition) is 2. The van der Waals surface area contributed by atoms with Gasteiger partial charge in [-0.05, 0) is 72.9 Å². The van der Waals surface area contributed by atoms with Gasteiger partial charge in [0.1, 0.15) is 0 Å². The van der Waals surface area contributed by atoms with Crippen LogP contribution in [0.1, 0.15) is 45.0 Å². The lowest BCUT2D eigenvalue weighted by molar-refractivity contribution is 0.0941. The molecule has 0 saturated heterocycles. The van der Waals surface area contributed by atoms with Gasteiger partial charge in [-0.2, -0.15) is 0 Å². The van der Waals surface area contributed by atoms with Crippen LogP contribution in [0, 0.1) is 6.92 Å². The number of benzene rings is 3. The minimum Gasteiger partial charge on any atom is -0.419 e. The molecular formula is C27H24N4O3. The maximum absolute atomic E-state index is 12.4. The van der Waals surface area contributed by atoms with Crippen LogP contribution >= 0.6 is 0 Å². The molecule has 0 radical (unpaired) electrons. The highest BCUT2D eigenvalue weighted by molar-refractivity contribution is 5.96. The second kappa shape index (κ2) is 9.31. The Morgan fingerprint density at radius 1 is 0.882 bits per heavy atom. The van der Waals surface area contributed by atoms with Gasteiger partial charge < -0.3 is 15.1 Å². The van der Waals surface area contributed by atoms with Crippen LogP contribution in [0.3, 0.4) is 0 Å². The molecule has 1 fully saturated rings. The van der Waals surface area contributed by atoms with Gasteiger partial charge in [-0.3, -0.25) is 9.59 Å². The van der Waals surface area contributed by atoms with E-state index in [0.29, 0.717) is 29.0 Å². The average Bonchev–Trinajstić information content (AvgIpc) is 3.56. The summed E-state index contributed by atoms with van der Waals surface area (Å²) in [5, 5.41) is 14.0. The van der Waals surface area contributed by atoms with Crippen molar-refractivity contribution >= 4 is 11.8 Å².